The minimum Gasteiger partial charge on any atom is -0.322 e. The van der Waals surface area contributed by atoms with E-state index in [1.807, 2.05) is 55.5 Å². The Kier molecular flexibility index (Phi) is 6.48. The van der Waals surface area contributed by atoms with Gasteiger partial charge in [-0.1, -0.05) is 59.6 Å². The van der Waals surface area contributed by atoms with Crippen molar-refractivity contribution in [3.8, 4) is 11.3 Å². The van der Waals surface area contributed by atoms with Crippen molar-refractivity contribution in [3.63, 3.8) is 0 Å². The number of amides is 2. The molecule has 0 saturated carbocycles. The van der Waals surface area contributed by atoms with E-state index in [-0.39, 0.29) is 11.8 Å². The Morgan fingerprint density at radius 3 is 2.14 bits per heavy atom. The number of nitrogens with one attached hydrogen (secondary N) is 2. The van der Waals surface area contributed by atoms with E-state index in [1.54, 1.807) is 54.6 Å². The molecule has 36 heavy (non-hydrogen) atoms. The number of aryl methyl sites for hydroxylation is 1. The second-order valence-corrected chi connectivity index (χ2v) is 8.87. The highest BCUT2D eigenvalue weighted by atomic mass is 35.5. The van der Waals surface area contributed by atoms with E-state index in [4.69, 9.17) is 16.6 Å². The topological polar surface area (TPSA) is 71.1 Å². The summed E-state index contributed by atoms with van der Waals surface area (Å²) in [4.78, 5) is 30.8. The number of aromatic nitrogens is 1. The van der Waals surface area contributed by atoms with Gasteiger partial charge in [0.25, 0.3) is 11.8 Å². The van der Waals surface area contributed by atoms with Gasteiger partial charge in [-0.25, -0.2) is 4.98 Å². The molecule has 0 spiro atoms. The van der Waals surface area contributed by atoms with Gasteiger partial charge in [0.05, 0.1) is 16.8 Å². The summed E-state index contributed by atoms with van der Waals surface area (Å²) < 4.78 is 0. The summed E-state index contributed by atoms with van der Waals surface area (Å²) >= 11 is 6.05. The molecule has 6 heteroatoms. The Hall–Kier alpha value is -4.48. The number of hydrogen-bond donors (Lipinski definition) is 2. The van der Waals surface area contributed by atoms with Crippen molar-refractivity contribution < 1.29 is 9.59 Å². The molecule has 0 saturated heterocycles. The molecule has 1 aromatic heterocycles. The molecular formula is C30H22ClN3O2. The van der Waals surface area contributed by atoms with Crippen LogP contribution in [-0.2, 0) is 0 Å². The van der Waals surface area contributed by atoms with Crippen molar-refractivity contribution in [1.82, 2.24) is 4.98 Å². The molecule has 0 aliphatic rings. The fourth-order valence-corrected chi connectivity index (χ4v) is 4.09. The number of pyridine rings is 1. The van der Waals surface area contributed by atoms with Crippen LogP contribution in [0, 0.1) is 6.92 Å². The SMILES string of the molecule is Cc1ccc2nc(-c3ccc(Cl)cc3)cc(C(=O)Nc3cccc(NC(=O)c4ccccc4)c3)c2c1. The summed E-state index contributed by atoms with van der Waals surface area (Å²) in [6.45, 7) is 1.98. The lowest BCUT2D eigenvalue weighted by Gasteiger charge is -2.12. The number of carbonyl (C=O) groups excluding carboxylic acids is 2. The lowest BCUT2D eigenvalue weighted by atomic mass is 10.0. The second kappa shape index (κ2) is 10.0. The van der Waals surface area contributed by atoms with Crippen LogP contribution < -0.4 is 10.6 Å². The number of anilines is 2. The summed E-state index contributed by atoms with van der Waals surface area (Å²) in [6, 6.07) is 31.0. The molecule has 2 N–H and O–H groups in total. The third-order valence-electron chi connectivity index (χ3n) is 5.76. The quantitative estimate of drug-likeness (QED) is 0.269. The normalized spacial score (nSPS) is 10.7. The van der Waals surface area contributed by atoms with Crippen LogP contribution in [0.5, 0.6) is 0 Å². The van der Waals surface area contributed by atoms with Gasteiger partial charge >= 0.3 is 0 Å². The zero-order valence-electron chi connectivity index (χ0n) is 19.5. The summed E-state index contributed by atoms with van der Waals surface area (Å²) in [7, 11) is 0. The standard InChI is InChI=1S/C30H22ClN3O2/c1-19-10-15-27-25(16-19)26(18-28(34-27)20-11-13-22(31)14-12-20)30(36)33-24-9-5-8-23(17-24)32-29(35)21-6-3-2-4-7-21/h2-18H,1H3,(H,32,35)(H,33,36). The minimum absolute atomic E-state index is 0.220. The number of nitrogens with zero attached hydrogens (tertiary/aromatic N) is 1. The lowest BCUT2D eigenvalue weighted by Crippen LogP contribution is -2.14. The maximum atomic E-state index is 13.5. The van der Waals surface area contributed by atoms with Gasteiger partial charge in [-0.05, 0) is 67.6 Å². The van der Waals surface area contributed by atoms with E-state index < -0.39 is 0 Å². The van der Waals surface area contributed by atoms with Crippen LogP contribution in [0.1, 0.15) is 26.3 Å². The van der Waals surface area contributed by atoms with Crippen molar-refractivity contribution in [2.75, 3.05) is 10.6 Å². The van der Waals surface area contributed by atoms with Crippen LogP contribution in [0.3, 0.4) is 0 Å². The molecule has 5 aromatic rings. The van der Waals surface area contributed by atoms with Gasteiger partial charge in [0.15, 0.2) is 0 Å². The Morgan fingerprint density at radius 1 is 0.722 bits per heavy atom. The highest BCUT2D eigenvalue weighted by Gasteiger charge is 2.15. The average Bonchev–Trinajstić information content (AvgIpc) is 2.89. The third kappa shape index (κ3) is 5.11. The Morgan fingerprint density at radius 2 is 1.42 bits per heavy atom. The molecule has 5 nitrogen and oxygen atoms in total. The lowest BCUT2D eigenvalue weighted by molar-refractivity contribution is 0.102. The molecule has 4 aromatic carbocycles. The van der Waals surface area contributed by atoms with E-state index in [0.717, 1.165) is 22.0 Å². The fourth-order valence-electron chi connectivity index (χ4n) is 3.96. The molecule has 0 aliphatic heterocycles. The van der Waals surface area contributed by atoms with Gasteiger partial charge in [-0.3, -0.25) is 9.59 Å². The van der Waals surface area contributed by atoms with Crippen molar-refractivity contribution in [1.29, 1.82) is 0 Å². The first-order chi connectivity index (χ1) is 17.5. The van der Waals surface area contributed by atoms with E-state index >= 15 is 0 Å². The van der Waals surface area contributed by atoms with E-state index in [2.05, 4.69) is 10.6 Å². The minimum atomic E-state index is -0.269. The summed E-state index contributed by atoms with van der Waals surface area (Å²) in [5.41, 5.74) is 5.51. The summed E-state index contributed by atoms with van der Waals surface area (Å²) in [6.07, 6.45) is 0. The number of carbonyl (C=O) groups is 2. The number of hydrogen-bond acceptors (Lipinski definition) is 3. The monoisotopic (exact) mass is 491 g/mol. The molecule has 0 atom stereocenters. The molecule has 2 amide bonds. The van der Waals surface area contributed by atoms with Gasteiger partial charge in [0.1, 0.15) is 0 Å². The highest BCUT2D eigenvalue weighted by Crippen LogP contribution is 2.28. The first-order valence-corrected chi connectivity index (χ1v) is 11.8. The van der Waals surface area contributed by atoms with Crippen LogP contribution in [0.4, 0.5) is 11.4 Å². The summed E-state index contributed by atoms with van der Waals surface area (Å²) in [5, 5.41) is 7.24. The second-order valence-electron chi connectivity index (χ2n) is 8.44. The van der Waals surface area contributed by atoms with Crippen LogP contribution in [0.25, 0.3) is 22.2 Å². The van der Waals surface area contributed by atoms with Crippen LogP contribution in [0.2, 0.25) is 5.02 Å². The zero-order valence-corrected chi connectivity index (χ0v) is 20.2. The molecule has 0 bridgehead atoms. The van der Waals surface area contributed by atoms with Gasteiger partial charge < -0.3 is 10.6 Å². The van der Waals surface area contributed by atoms with Crippen molar-refractivity contribution >= 4 is 45.7 Å². The number of halogens is 1. The first kappa shape index (κ1) is 23.3. The van der Waals surface area contributed by atoms with E-state index in [1.165, 1.54) is 0 Å². The Balaban J connectivity index is 1.45. The molecule has 176 valence electrons. The smallest absolute Gasteiger partial charge is 0.256 e. The number of fused-ring (bicyclic) bond motifs is 1. The molecule has 0 radical (unpaired) electrons. The third-order valence-corrected chi connectivity index (χ3v) is 6.02. The molecule has 0 unspecified atom stereocenters. The van der Waals surface area contributed by atoms with E-state index in [9.17, 15) is 9.59 Å². The van der Waals surface area contributed by atoms with Gasteiger partial charge in [-0.2, -0.15) is 0 Å². The molecule has 5 rings (SSSR count). The molecule has 0 fully saturated rings. The summed E-state index contributed by atoms with van der Waals surface area (Å²) in [5.74, 6) is -0.489. The highest BCUT2D eigenvalue weighted by molar-refractivity contribution is 6.30. The maximum Gasteiger partial charge on any atom is 0.256 e. The van der Waals surface area contributed by atoms with Gasteiger partial charge in [0, 0.05) is 32.9 Å². The van der Waals surface area contributed by atoms with Crippen LogP contribution >= 0.6 is 11.6 Å². The van der Waals surface area contributed by atoms with E-state index in [0.29, 0.717) is 33.2 Å². The van der Waals surface area contributed by atoms with Crippen molar-refractivity contribution in [3.05, 3.63) is 125 Å². The molecular weight excluding hydrogens is 470 g/mol. The first-order valence-electron chi connectivity index (χ1n) is 11.4. The number of benzene rings is 4. The zero-order chi connectivity index (χ0) is 25.1. The van der Waals surface area contributed by atoms with Crippen molar-refractivity contribution in [2.45, 2.75) is 6.92 Å². The fraction of sp³-hybridized carbons (Fsp3) is 0.0333. The van der Waals surface area contributed by atoms with Crippen molar-refractivity contribution in [2.24, 2.45) is 0 Å². The average molecular weight is 492 g/mol. The number of rotatable bonds is 5. The largest absolute Gasteiger partial charge is 0.322 e. The molecule has 1 heterocycles. The maximum absolute atomic E-state index is 13.5. The van der Waals surface area contributed by atoms with Gasteiger partial charge in [-0.15, -0.1) is 0 Å². The predicted molar refractivity (Wildman–Crippen MR) is 146 cm³/mol. The van der Waals surface area contributed by atoms with Crippen LogP contribution in [0.15, 0.2) is 103 Å². The Bertz CT molecular complexity index is 1580. The predicted octanol–water partition coefficient (Wildman–Crippen LogP) is 7.37. The Labute approximate surface area is 213 Å². The van der Waals surface area contributed by atoms with Gasteiger partial charge in [0.2, 0.25) is 0 Å². The molecule has 0 aliphatic carbocycles. The van der Waals surface area contributed by atoms with Crippen LogP contribution in [-0.4, -0.2) is 16.8 Å².